The lowest BCUT2D eigenvalue weighted by Crippen LogP contribution is -2.57. The van der Waals surface area contributed by atoms with Crippen LogP contribution >= 0.6 is 0 Å². The molecule has 1 saturated heterocycles. The summed E-state index contributed by atoms with van der Waals surface area (Å²) in [7, 11) is 1.27. The predicted octanol–water partition coefficient (Wildman–Crippen LogP) is 1.84. The van der Waals surface area contributed by atoms with Gasteiger partial charge >= 0.3 is 12.1 Å². The van der Waals surface area contributed by atoms with Crippen molar-refractivity contribution in [3.05, 3.63) is 0 Å². The number of esters is 1. The van der Waals surface area contributed by atoms with Gasteiger partial charge in [-0.1, -0.05) is 27.7 Å². The van der Waals surface area contributed by atoms with Crippen LogP contribution < -0.4 is 10.6 Å². The molecule has 2 N–H and O–H groups in total. The van der Waals surface area contributed by atoms with Crippen molar-refractivity contribution >= 4 is 23.9 Å². The second kappa shape index (κ2) is 10.6. The Labute approximate surface area is 179 Å². The van der Waals surface area contributed by atoms with Crippen molar-refractivity contribution < 1.29 is 28.7 Å². The highest BCUT2D eigenvalue weighted by molar-refractivity contribution is 5.93. The molecule has 0 aromatic rings. The first-order valence-electron chi connectivity index (χ1n) is 10.5. The van der Waals surface area contributed by atoms with Crippen molar-refractivity contribution in [3.63, 3.8) is 0 Å². The first-order chi connectivity index (χ1) is 13.8. The average Bonchev–Trinajstić information content (AvgIpc) is 3.10. The maximum absolute atomic E-state index is 13.2. The lowest BCUT2D eigenvalue weighted by atomic mass is 10.0. The largest absolute Gasteiger partial charge is 0.467 e. The van der Waals surface area contributed by atoms with E-state index in [0.717, 1.165) is 0 Å². The molecule has 172 valence electrons. The molecule has 0 saturated carbocycles. The molecule has 1 aliphatic rings. The first kappa shape index (κ1) is 25.7. The van der Waals surface area contributed by atoms with Crippen molar-refractivity contribution in [1.82, 2.24) is 15.5 Å². The number of ether oxygens (including phenoxy) is 2. The Morgan fingerprint density at radius 1 is 0.967 bits per heavy atom. The van der Waals surface area contributed by atoms with Gasteiger partial charge in [-0.25, -0.2) is 9.59 Å². The van der Waals surface area contributed by atoms with Gasteiger partial charge in [0.2, 0.25) is 11.8 Å². The van der Waals surface area contributed by atoms with Crippen molar-refractivity contribution in [2.45, 2.75) is 85.0 Å². The van der Waals surface area contributed by atoms with Gasteiger partial charge in [-0.15, -0.1) is 0 Å². The minimum absolute atomic E-state index is 0.163. The maximum Gasteiger partial charge on any atom is 0.408 e. The van der Waals surface area contributed by atoms with Crippen LogP contribution in [0.1, 0.15) is 61.3 Å². The zero-order valence-electron chi connectivity index (χ0n) is 19.4. The van der Waals surface area contributed by atoms with Gasteiger partial charge in [0.25, 0.3) is 0 Å². The Bertz CT molecular complexity index is 641. The first-order valence-corrected chi connectivity index (χ1v) is 10.5. The second-order valence-electron chi connectivity index (χ2n) is 9.31. The molecule has 1 fully saturated rings. The summed E-state index contributed by atoms with van der Waals surface area (Å²) in [5.41, 5.74) is -0.690. The lowest BCUT2D eigenvalue weighted by Gasteiger charge is -2.32. The third-order valence-corrected chi connectivity index (χ3v) is 4.86. The molecule has 0 bridgehead atoms. The Morgan fingerprint density at radius 3 is 2.00 bits per heavy atom. The van der Waals surface area contributed by atoms with E-state index >= 15 is 0 Å². The number of methoxy groups -OCH3 is 1. The number of nitrogens with one attached hydrogen (secondary N) is 2. The Kier molecular flexibility index (Phi) is 9.11. The number of carbonyl (C=O) groups is 4. The van der Waals surface area contributed by atoms with Gasteiger partial charge in [0.15, 0.2) is 0 Å². The summed E-state index contributed by atoms with van der Waals surface area (Å²) in [5, 5.41) is 5.35. The highest BCUT2D eigenvalue weighted by Gasteiger charge is 2.40. The number of hydrogen-bond acceptors (Lipinski definition) is 6. The summed E-state index contributed by atoms with van der Waals surface area (Å²) in [6, 6.07) is -2.32. The van der Waals surface area contributed by atoms with Crippen LogP contribution in [0.15, 0.2) is 0 Å². The van der Waals surface area contributed by atoms with Crippen LogP contribution in [0.25, 0.3) is 0 Å². The monoisotopic (exact) mass is 427 g/mol. The average molecular weight is 428 g/mol. The number of carbonyl (C=O) groups excluding carboxylic acids is 4. The van der Waals surface area contributed by atoms with Crippen molar-refractivity contribution in [3.8, 4) is 0 Å². The second-order valence-corrected chi connectivity index (χ2v) is 9.31. The van der Waals surface area contributed by atoms with E-state index in [1.807, 2.05) is 13.8 Å². The molecular formula is C21H37N3O6. The normalized spacial score (nSPS) is 18.7. The van der Waals surface area contributed by atoms with E-state index in [4.69, 9.17) is 9.47 Å². The molecule has 0 radical (unpaired) electrons. The number of hydrogen-bond donors (Lipinski definition) is 2. The zero-order valence-corrected chi connectivity index (χ0v) is 19.4. The number of likely N-dealkylation sites (tertiary alicyclic amines) is 1. The summed E-state index contributed by atoms with van der Waals surface area (Å²) in [6.45, 7) is 12.9. The zero-order chi connectivity index (χ0) is 23.2. The predicted molar refractivity (Wildman–Crippen MR) is 112 cm³/mol. The highest BCUT2D eigenvalue weighted by Crippen LogP contribution is 2.21. The minimum atomic E-state index is -0.824. The van der Waals surface area contributed by atoms with Crippen LogP contribution in [-0.4, -0.2) is 66.2 Å². The van der Waals surface area contributed by atoms with E-state index in [-0.39, 0.29) is 17.7 Å². The maximum atomic E-state index is 13.2. The summed E-state index contributed by atoms with van der Waals surface area (Å²) < 4.78 is 10.0. The quantitative estimate of drug-likeness (QED) is 0.599. The highest BCUT2D eigenvalue weighted by atomic mass is 16.6. The van der Waals surface area contributed by atoms with E-state index < -0.39 is 41.7 Å². The third-order valence-electron chi connectivity index (χ3n) is 4.86. The molecule has 1 rings (SSSR count). The summed E-state index contributed by atoms with van der Waals surface area (Å²) in [4.78, 5) is 51.7. The van der Waals surface area contributed by atoms with Crippen LogP contribution in [0.4, 0.5) is 4.79 Å². The van der Waals surface area contributed by atoms with E-state index in [2.05, 4.69) is 10.6 Å². The number of rotatable bonds is 7. The summed E-state index contributed by atoms with van der Waals surface area (Å²) in [5.74, 6) is -1.63. The van der Waals surface area contributed by atoms with Crippen LogP contribution in [-0.2, 0) is 23.9 Å². The summed E-state index contributed by atoms with van der Waals surface area (Å²) in [6.07, 6.45) is 0.465. The molecule has 0 aliphatic carbocycles. The molecule has 3 atom stereocenters. The van der Waals surface area contributed by atoms with Gasteiger partial charge in [-0.3, -0.25) is 9.59 Å². The molecule has 9 heteroatoms. The van der Waals surface area contributed by atoms with Gasteiger partial charge < -0.3 is 25.0 Å². The molecule has 30 heavy (non-hydrogen) atoms. The van der Waals surface area contributed by atoms with Crippen LogP contribution in [0.2, 0.25) is 0 Å². The van der Waals surface area contributed by atoms with E-state index in [1.54, 1.807) is 34.6 Å². The van der Waals surface area contributed by atoms with Crippen molar-refractivity contribution in [1.29, 1.82) is 0 Å². The van der Waals surface area contributed by atoms with Gasteiger partial charge in [-0.2, -0.15) is 0 Å². The Balaban J connectivity index is 2.93. The van der Waals surface area contributed by atoms with Crippen molar-refractivity contribution in [2.24, 2.45) is 11.8 Å². The topological polar surface area (TPSA) is 114 Å². The molecule has 0 unspecified atom stereocenters. The van der Waals surface area contributed by atoms with Crippen LogP contribution in [0, 0.1) is 11.8 Å². The van der Waals surface area contributed by atoms with Crippen LogP contribution in [0.5, 0.6) is 0 Å². The smallest absolute Gasteiger partial charge is 0.408 e. The molecule has 0 aromatic carbocycles. The van der Waals surface area contributed by atoms with Crippen molar-refractivity contribution in [2.75, 3.05) is 13.7 Å². The molecule has 0 aromatic heterocycles. The minimum Gasteiger partial charge on any atom is -0.467 e. The van der Waals surface area contributed by atoms with Crippen LogP contribution in [0.3, 0.4) is 0 Å². The fourth-order valence-electron chi connectivity index (χ4n) is 3.30. The molecular weight excluding hydrogens is 390 g/mol. The standard InChI is InChI=1S/C21H37N3O6/c1-12(2)15(23-20(28)30-21(5,6)7)18(26)24-11-9-10-14(24)17(25)22-16(13(3)4)19(27)29-8/h12-16H,9-11H2,1-8H3,(H,22,25)(H,23,28)/t14-,15-,16+/m0/s1. The number of amides is 3. The fraction of sp³-hybridized carbons (Fsp3) is 0.810. The Morgan fingerprint density at radius 2 is 1.53 bits per heavy atom. The molecule has 9 nitrogen and oxygen atoms in total. The fourth-order valence-corrected chi connectivity index (χ4v) is 3.30. The third kappa shape index (κ3) is 7.18. The van der Waals surface area contributed by atoms with E-state index in [1.165, 1.54) is 12.0 Å². The molecule has 1 heterocycles. The van der Waals surface area contributed by atoms with Gasteiger partial charge in [-0.05, 0) is 45.4 Å². The number of nitrogens with zero attached hydrogens (tertiary/aromatic N) is 1. The van der Waals surface area contributed by atoms with Gasteiger partial charge in [0.05, 0.1) is 7.11 Å². The molecule has 1 aliphatic heterocycles. The summed E-state index contributed by atoms with van der Waals surface area (Å²) >= 11 is 0. The van der Waals surface area contributed by atoms with Gasteiger partial charge in [0.1, 0.15) is 23.7 Å². The van der Waals surface area contributed by atoms with E-state index in [9.17, 15) is 19.2 Å². The lowest BCUT2D eigenvalue weighted by molar-refractivity contribution is -0.147. The van der Waals surface area contributed by atoms with Gasteiger partial charge in [0, 0.05) is 6.54 Å². The Hall–Kier alpha value is -2.32. The molecule has 3 amide bonds. The molecule has 0 spiro atoms. The number of alkyl carbamates (subject to hydrolysis) is 1. The van der Waals surface area contributed by atoms with E-state index in [0.29, 0.717) is 19.4 Å². The SMILES string of the molecule is COC(=O)[C@H](NC(=O)[C@@H]1CCCN1C(=O)[C@@H](NC(=O)OC(C)(C)C)C(C)C)C(C)C.